The van der Waals surface area contributed by atoms with Gasteiger partial charge in [0, 0.05) is 12.7 Å². The van der Waals surface area contributed by atoms with Crippen LogP contribution in [0, 0.1) is 0 Å². The molecule has 0 saturated heterocycles. The molecule has 0 bridgehead atoms. The second-order valence-corrected chi connectivity index (χ2v) is 5.58. The molecular weight excluding hydrogens is 344 g/mol. The summed E-state index contributed by atoms with van der Waals surface area (Å²) in [6.07, 6.45) is 1.04. The number of H-pyrrole nitrogens is 1. The van der Waals surface area contributed by atoms with Gasteiger partial charge in [-0.1, -0.05) is 0 Å². The molecule has 1 atom stereocenters. The summed E-state index contributed by atoms with van der Waals surface area (Å²) in [6.45, 7) is 3.20. The molecule has 21 heavy (non-hydrogen) atoms. The number of carbonyl (C=O) groups is 2. The Morgan fingerprint density at radius 1 is 1.52 bits per heavy atom. The maximum absolute atomic E-state index is 11.9. The van der Waals surface area contributed by atoms with E-state index in [4.69, 9.17) is 4.74 Å². The highest BCUT2D eigenvalue weighted by atomic mass is 79.9. The number of aromatic amines is 1. The third-order valence-corrected chi connectivity index (χ3v) is 3.17. The van der Waals surface area contributed by atoms with Crippen molar-refractivity contribution in [3.63, 3.8) is 0 Å². The molecule has 8 heteroatoms. The summed E-state index contributed by atoms with van der Waals surface area (Å²) in [5.74, 6) is -1.01. The molecule has 116 valence electrons. The topological polar surface area (TPSA) is 108 Å². The van der Waals surface area contributed by atoms with Crippen LogP contribution in [0.4, 0.5) is 0 Å². The number of carbonyl (C=O) groups excluding carboxylic acids is 2. The van der Waals surface area contributed by atoms with Crippen LogP contribution < -0.4 is 10.9 Å². The minimum absolute atomic E-state index is 0.124. The van der Waals surface area contributed by atoms with Crippen LogP contribution >= 0.6 is 15.9 Å². The van der Waals surface area contributed by atoms with Gasteiger partial charge in [0.1, 0.15) is 0 Å². The molecule has 0 aliphatic heterocycles. The summed E-state index contributed by atoms with van der Waals surface area (Å²) in [5, 5.41) is 12.5. The number of nitrogens with one attached hydrogen (secondary N) is 2. The molecule has 0 aliphatic rings. The number of rotatable bonds is 6. The first-order valence-corrected chi connectivity index (χ1v) is 7.09. The maximum atomic E-state index is 11.9. The Labute approximate surface area is 129 Å². The number of hydrogen-bond donors (Lipinski definition) is 3. The third kappa shape index (κ3) is 5.68. The maximum Gasteiger partial charge on any atom is 0.308 e. The monoisotopic (exact) mass is 360 g/mol. The molecular formula is C13H17BrN2O5. The molecule has 0 radical (unpaired) electrons. The number of ether oxygens (including phenoxy) is 1. The van der Waals surface area contributed by atoms with Crippen molar-refractivity contribution in [1.29, 1.82) is 0 Å². The van der Waals surface area contributed by atoms with Crippen molar-refractivity contribution >= 4 is 27.8 Å². The summed E-state index contributed by atoms with van der Waals surface area (Å²) in [7, 11) is 0. The van der Waals surface area contributed by atoms with E-state index in [1.807, 2.05) is 0 Å². The van der Waals surface area contributed by atoms with Crippen LogP contribution in [0.15, 0.2) is 21.5 Å². The standard InChI is InChI=1S/C13H17BrN2O5/c1-3-21-10(17)5-13(2,20)7-16-11(18)8-4-9(14)12(19)15-6-8/h4,6,20H,3,5,7H2,1-2H3,(H,15,19)(H,16,18). The normalized spacial score (nSPS) is 13.3. The fourth-order valence-electron chi connectivity index (χ4n) is 1.55. The van der Waals surface area contributed by atoms with Crippen molar-refractivity contribution in [3.05, 3.63) is 32.7 Å². The second kappa shape index (κ2) is 7.37. The Kier molecular flexibility index (Phi) is 6.10. The van der Waals surface area contributed by atoms with Crippen molar-refractivity contribution in [2.75, 3.05) is 13.2 Å². The van der Waals surface area contributed by atoms with Crippen molar-refractivity contribution in [1.82, 2.24) is 10.3 Å². The Hall–Kier alpha value is -1.67. The lowest BCUT2D eigenvalue weighted by Gasteiger charge is -2.22. The van der Waals surface area contributed by atoms with E-state index >= 15 is 0 Å². The Balaban J connectivity index is 2.60. The van der Waals surface area contributed by atoms with E-state index in [0.717, 1.165) is 0 Å². The van der Waals surface area contributed by atoms with E-state index in [1.165, 1.54) is 19.2 Å². The Bertz CT molecular complexity index is 582. The van der Waals surface area contributed by atoms with Gasteiger partial charge in [0.05, 0.1) is 28.7 Å². The third-order valence-electron chi connectivity index (χ3n) is 2.58. The quantitative estimate of drug-likeness (QED) is 0.642. The summed E-state index contributed by atoms with van der Waals surface area (Å²) in [4.78, 5) is 36.8. The van der Waals surface area contributed by atoms with E-state index in [-0.39, 0.29) is 35.2 Å². The van der Waals surface area contributed by atoms with Gasteiger partial charge in [-0.05, 0) is 35.8 Å². The summed E-state index contributed by atoms with van der Waals surface area (Å²) < 4.78 is 4.97. The zero-order valence-electron chi connectivity index (χ0n) is 11.7. The number of esters is 1. The van der Waals surface area contributed by atoms with Gasteiger partial charge in [-0.3, -0.25) is 14.4 Å². The van der Waals surface area contributed by atoms with Crippen LogP contribution in [0.3, 0.4) is 0 Å². The van der Waals surface area contributed by atoms with Crippen LogP contribution in [0.5, 0.6) is 0 Å². The van der Waals surface area contributed by atoms with Gasteiger partial charge >= 0.3 is 5.97 Å². The van der Waals surface area contributed by atoms with Gasteiger partial charge in [-0.25, -0.2) is 0 Å². The molecule has 1 aromatic rings. The van der Waals surface area contributed by atoms with E-state index in [9.17, 15) is 19.5 Å². The van der Waals surface area contributed by atoms with Crippen LogP contribution in [0.1, 0.15) is 30.6 Å². The average Bonchev–Trinajstić information content (AvgIpc) is 2.39. The number of halogens is 1. The number of hydrogen-bond acceptors (Lipinski definition) is 5. The van der Waals surface area contributed by atoms with Gasteiger partial charge < -0.3 is 20.1 Å². The van der Waals surface area contributed by atoms with E-state index in [1.54, 1.807) is 6.92 Å². The van der Waals surface area contributed by atoms with Gasteiger partial charge in [0.25, 0.3) is 11.5 Å². The lowest BCUT2D eigenvalue weighted by atomic mass is 10.0. The molecule has 1 amide bonds. The highest BCUT2D eigenvalue weighted by Gasteiger charge is 2.26. The summed E-state index contributed by atoms with van der Waals surface area (Å²) in [6, 6.07) is 1.37. The van der Waals surface area contributed by atoms with Crippen LogP contribution in [-0.4, -0.2) is 40.7 Å². The van der Waals surface area contributed by atoms with E-state index < -0.39 is 17.5 Å². The SMILES string of the molecule is CCOC(=O)CC(C)(O)CNC(=O)c1c[nH]c(=O)c(Br)c1. The zero-order valence-corrected chi connectivity index (χ0v) is 13.3. The fourth-order valence-corrected chi connectivity index (χ4v) is 1.91. The molecule has 0 aromatic carbocycles. The lowest BCUT2D eigenvalue weighted by molar-refractivity contribution is -0.147. The first kappa shape index (κ1) is 17.4. The minimum Gasteiger partial charge on any atom is -0.466 e. The molecule has 1 heterocycles. The molecule has 1 rings (SSSR count). The predicted molar refractivity (Wildman–Crippen MR) is 79.0 cm³/mol. The van der Waals surface area contributed by atoms with Gasteiger partial charge in [0.15, 0.2) is 0 Å². The van der Waals surface area contributed by atoms with Crippen LogP contribution in [-0.2, 0) is 9.53 Å². The molecule has 1 aromatic heterocycles. The number of aliphatic hydroxyl groups is 1. The zero-order chi connectivity index (χ0) is 16.0. The average molecular weight is 361 g/mol. The minimum atomic E-state index is -1.42. The van der Waals surface area contributed by atoms with Gasteiger partial charge in [-0.2, -0.15) is 0 Å². The van der Waals surface area contributed by atoms with E-state index in [0.29, 0.717) is 0 Å². The molecule has 3 N–H and O–H groups in total. The Morgan fingerprint density at radius 3 is 2.76 bits per heavy atom. The summed E-state index contributed by atoms with van der Waals surface area (Å²) >= 11 is 3.02. The van der Waals surface area contributed by atoms with Crippen molar-refractivity contribution in [3.8, 4) is 0 Å². The second-order valence-electron chi connectivity index (χ2n) is 4.73. The van der Waals surface area contributed by atoms with Crippen molar-refractivity contribution in [2.45, 2.75) is 25.9 Å². The van der Waals surface area contributed by atoms with Crippen molar-refractivity contribution in [2.24, 2.45) is 0 Å². The Morgan fingerprint density at radius 2 is 2.19 bits per heavy atom. The molecule has 0 fully saturated rings. The summed E-state index contributed by atoms with van der Waals surface area (Å²) in [5.41, 5.74) is -1.53. The predicted octanol–water partition coefficient (Wildman–Crippen LogP) is 0.571. The smallest absolute Gasteiger partial charge is 0.308 e. The highest BCUT2D eigenvalue weighted by molar-refractivity contribution is 9.10. The number of amides is 1. The first-order valence-electron chi connectivity index (χ1n) is 6.29. The highest BCUT2D eigenvalue weighted by Crippen LogP contribution is 2.10. The number of pyridine rings is 1. The molecule has 0 saturated carbocycles. The van der Waals surface area contributed by atoms with Gasteiger partial charge in [-0.15, -0.1) is 0 Å². The lowest BCUT2D eigenvalue weighted by Crippen LogP contribution is -2.42. The first-order chi connectivity index (χ1) is 9.75. The van der Waals surface area contributed by atoms with Crippen molar-refractivity contribution < 1.29 is 19.4 Å². The van der Waals surface area contributed by atoms with Crippen LogP contribution in [0.25, 0.3) is 0 Å². The molecule has 1 unspecified atom stereocenters. The van der Waals surface area contributed by atoms with E-state index in [2.05, 4.69) is 26.2 Å². The molecule has 0 spiro atoms. The van der Waals surface area contributed by atoms with Gasteiger partial charge in [0.2, 0.25) is 0 Å². The molecule has 7 nitrogen and oxygen atoms in total. The number of aromatic nitrogens is 1. The fraction of sp³-hybridized carbons (Fsp3) is 0.462. The molecule has 0 aliphatic carbocycles. The largest absolute Gasteiger partial charge is 0.466 e. The van der Waals surface area contributed by atoms with Crippen LogP contribution in [0.2, 0.25) is 0 Å².